The average Bonchev–Trinajstić information content (AvgIpc) is 2.69. The maximum Gasteiger partial charge on any atom is 0.409 e. The number of rotatable bonds is 6. The topological polar surface area (TPSA) is 83.1 Å². The zero-order valence-electron chi connectivity index (χ0n) is 16.3. The fourth-order valence-corrected chi connectivity index (χ4v) is 3.28. The van der Waals surface area contributed by atoms with Crippen LogP contribution in [0.1, 0.15) is 12.6 Å². The van der Waals surface area contributed by atoms with E-state index in [1.165, 1.54) is 0 Å². The van der Waals surface area contributed by atoms with Crippen molar-refractivity contribution < 1.29 is 14.3 Å². The van der Waals surface area contributed by atoms with Gasteiger partial charge in [-0.25, -0.2) is 9.78 Å². The molecule has 0 bridgehead atoms. The lowest BCUT2D eigenvalue weighted by atomic mass is 10.3. The number of aromatic nitrogens is 2. The molecule has 3 heterocycles. The monoisotopic (exact) mass is 378 g/mol. The highest BCUT2D eigenvalue weighted by Crippen LogP contribution is 2.17. The molecule has 0 saturated carbocycles. The Morgan fingerprint density at radius 2 is 1.93 bits per heavy atom. The summed E-state index contributed by atoms with van der Waals surface area (Å²) in [5.74, 6) is 1.56. The van der Waals surface area contributed by atoms with Gasteiger partial charge in [-0.05, 0) is 13.8 Å². The first-order valence-electron chi connectivity index (χ1n) is 9.72. The molecule has 9 heteroatoms. The molecule has 1 aromatic rings. The molecule has 2 saturated heterocycles. The average molecular weight is 378 g/mol. The Labute approximate surface area is 160 Å². The molecule has 1 N–H and O–H groups in total. The van der Waals surface area contributed by atoms with E-state index in [0.717, 1.165) is 64.0 Å². The summed E-state index contributed by atoms with van der Waals surface area (Å²) in [6.45, 7) is 12.3. The number of anilines is 2. The van der Waals surface area contributed by atoms with Crippen molar-refractivity contribution in [2.45, 2.75) is 13.8 Å². The normalized spacial score (nSPS) is 18.4. The van der Waals surface area contributed by atoms with Gasteiger partial charge in [0.1, 0.15) is 5.82 Å². The van der Waals surface area contributed by atoms with Crippen LogP contribution in [0.5, 0.6) is 0 Å². The van der Waals surface area contributed by atoms with Crippen LogP contribution in [0.4, 0.5) is 16.6 Å². The fourth-order valence-electron chi connectivity index (χ4n) is 3.28. The van der Waals surface area contributed by atoms with Gasteiger partial charge in [0.05, 0.1) is 19.8 Å². The van der Waals surface area contributed by atoms with Crippen LogP contribution in [-0.4, -0.2) is 98.0 Å². The quantitative estimate of drug-likeness (QED) is 0.779. The van der Waals surface area contributed by atoms with Gasteiger partial charge in [0.25, 0.3) is 0 Å². The molecule has 0 atom stereocenters. The summed E-state index contributed by atoms with van der Waals surface area (Å²) >= 11 is 0. The van der Waals surface area contributed by atoms with Gasteiger partial charge < -0.3 is 24.6 Å². The van der Waals surface area contributed by atoms with Crippen LogP contribution in [0.3, 0.4) is 0 Å². The second-order valence-electron chi connectivity index (χ2n) is 6.74. The van der Waals surface area contributed by atoms with Crippen LogP contribution in [0, 0.1) is 6.92 Å². The molecule has 2 aliphatic heterocycles. The van der Waals surface area contributed by atoms with Crippen molar-refractivity contribution >= 4 is 17.9 Å². The number of hydrogen-bond acceptors (Lipinski definition) is 8. The van der Waals surface area contributed by atoms with Gasteiger partial charge in [0, 0.05) is 64.1 Å². The third-order valence-electron chi connectivity index (χ3n) is 4.79. The highest BCUT2D eigenvalue weighted by atomic mass is 16.6. The molecular formula is C18H30N6O3. The van der Waals surface area contributed by atoms with Crippen LogP contribution in [-0.2, 0) is 9.47 Å². The first kappa shape index (κ1) is 19.6. The van der Waals surface area contributed by atoms with Crippen molar-refractivity contribution in [2.24, 2.45) is 0 Å². The molecule has 0 aliphatic carbocycles. The predicted molar refractivity (Wildman–Crippen MR) is 103 cm³/mol. The predicted octanol–water partition coefficient (Wildman–Crippen LogP) is 0.808. The maximum atomic E-state index is 11.8. The van der Waals surface area contributed by atoms with Gasteiger partial charge >= 0.3 is 6.09 Å². The van der Waals surface area contributed by atoms with Crippen molar-refractivity contribution in [1.29, 1.82) is 0 Å². The number of morpholine rings is 1. The largest absolute Gasteiger partial charge is 0.450 e. The van der Waals surface area contributed by atoms with E-state index in [4.69, 9.17) is 9.47 Å². The molecular weight excluding hydrogens is 348 g/mol. The number of ether oxygens (including phenoxy) is 2. The molecule has 2 aliphatic rings. The number of carbonyl (C=O) groups excluding carboxylic acids is 1. The van der Waals surface area contributed by atoms with Gasteiger partial charge in [-0.3, -0.25) is 4.90 Å². The van der Waals surface area contributed by atoms with E-state index in [1.54, 1.807) is 4.90 Å². The number of nitrogens with one attached hydrogen (secondary N) is 1. The summed E-state index contributed by atoms with van der Waals surface area (Å²) in [6, 6.07) is 1.99. The van der Waals surface area contributed by atoms with Gasteiger partial charge in [-0.15, -0.1) is 0 Å². The minimum absolute atomic E-state index is 0.235. The van der Waals surface area contributed by atoms with E-state index in [0.29, 0.717) is 25.6 Å². The van der Waals surface area contributed by atoms with Crippen LogP contribution in [0.2, 0.25) is 0 Å². The molecule has 9 nitrogen and oxygen atoms in total. The number of piperazine rings is 1. The van der Waals surface area contributed by atoms with Gasteiger partial charge in [-0.1, -0.05) is 0 Å². The molecule has 0 unspecified atom stereocenters. The Bertz CT molecular complexity index is 615. The molecule has 27 heavy (non-hydrogen) atoms. The zero-order chi connectivity index (χ0) is 19.1. The number of hydrogen-bond donors (Lipinski definition) is 1. The second kappa shape index (κ2) is 9.70. The van der Waals surface area contributed by atoms with Crippen LogP contribution in [0.15, 0.2) is 6.07 Å². The lowest BCUT2D eigenvalue weighted by Gasteiger charge is -2.34. The van der Waals surface area contributed by atoms with Crippen molar-refractivity contribution in [3.05, 3.63) is 11.8 Å². The first-order chi connectivity index (χ1) is 13.2. The minimum Gasteiger partial charge on any atom is -0.450 e. The minimum atomic E-state index is -0.235. The number of nitrogens with zero attached hydrogens (tertiary/aromatic N) is 5. The standard InChI is InChI=1S/C18H30N6O3/c1-3-27-18(25)24-8-6-23(7-9-24)16-14-15(2)20-17(21-16)19-4-5-22-10-12-26-13-11-22/h14H,3-13H2,1-2H3,(H,19,20,21). The summed E-state index contributed by atoms with van der Waals surface area (Å²) < 4.78 is 10.4. The van der Waals surface area contributed by atoms with Crippen LogP contribution < -0.4 is 10.2 Å². The first-order valence-corrected chi connectivity index (χ1v) is 9.72. The Hall–Kier alpha value is -2.13. The summed E-state index contributed by atoms with van der Waals surface area (Å²) in [4.78, 5) is 27.3. The Balaban J connectivity index is 1.51. The second-order valence-corrected chi connectivity index (χ2v) is 6.74. The third-order valence-corrected chi connectivity index (χ3v) is 4.79. The molecule has 1 aromatic heterocycles. The molecule has 2 fully saturated rings. The van der Waals surface area contributed by atoms with E-state index in [-0.39, 0.29) is 6.09 Å². The summed E-state index contributed by atoms with van der Waals surface area (Å²) in [7, 11) is 0. The molecule has 1 amide bonds. The SMILES string of the molecule is CCOC(=O)N1CCN(c2cc(C)nc(NCCN3CCOCC3)n2)CC1. The Kier molecular flexibility index (Phi) is 7.05. The molecule has 0 radical (unpaired) electrons. The molecule has 150 valence electrons. The lowest BCUT2D eigenvalue weighted by Crippen LogP contribution is -2.49. The van der Waals surface area contributed by atoms with Crippen molar-refractivity contribution in [2.75, 3.05) is 82.4 Å². The fraction of sp³-hybridized carbons (Fsp3) is 0.722. The number of carbonyl (C=O) groups is 1. The summed E-state index contributed by atoms with van der Waals surface area (Å²) in [5.41, 5.74) is 0.932. The van der Waals surface area contributed by atoms with E-state index in [2.05, 4.69) is 25.1 Å². The Morgan fingerprint density at radius 3 is 2.63 bits per heavy atom. The van der Waals surface area contributed by atoms with E-state index >= 15 is 0 Å². The van der Waals surface area contributed by atoms with E-state index in [1.807, 2.05) is 19.9 Å². The Morgan fingerprint density at radius 1 is 1.19 bits per heavy atom. The van der Waals surface area contributed by atoms with E-state index in [9.17, 15) is 4.79 Å². The molecule has 0 spiro atoms. The smallest absolute Gasteiger partial charge is 0.409 e. The molecule has 0 aromatic carbocycles. The van der Waals surface area contributed by atoms with Crippen LogP contribution >= 0.6 is 0 Å². The van der Waals surface area contributed by atoms with Gasteiger partial charge in [0.15, 0.2) is 0 Å². The van der Waals surface area contributed by atoms with Crippen molar-refractivity contribution in [1.82, 2.24) is 19.8 Å². The lowest BCUT2D eigenvalue weighted by molar-refractivity contribution is 0.0398. The maximum absolute atomic E-state index is 11.8. The highest BCUT2D eigenvalue weighted by molar-refractivity contribution is 5.68. The summed E-state index contributed by atoms with van der Waals surface area (Å²) in [6.07, 6.45) is -0.235. The zero-order valence-corrected chi connectivity index (χ0v) is 16.3. The van der Waals surface area contributed by atoms with Gasteiger partial charge in [-0.2, -0.15) is 4.98 Å². The van der Waals surface area contributed by atoms with Crippen molar-refractivity contribution in [3.63, 3.8) is 0 Å². The van der Waals surface area contributed by atoms with Crippen molar-refractivity contribution in [3.8, 4) is 0 Å². The van der Waals surface area contributed by atoms with Crippen LogP contribution in [0.25, 0.3) is 0 Å². The molecule has 3 rings (SSSR count). The number of amides is 1. The summed E-state index contributed by atoms with van der Waals surface area (Å²) in [5, 5.41) is 3.34. The van der Waals surface area contributed by atoms with Gasteiger partial charge in [0.2, 0.25) is 5.95 Å². The number of aryl methyl sites for hydroxylation is 1. The van der Waals surface area contributed by atoms with E-state index < -0.39 is 0 Å². The third kappa shape index (κ3) is 5.67. The highest BCUT2D eigenvalue weighted by Gasteiger charge is 2.23.